The first-order chi connectivity index (χ1) is 8.16. The predicted molar refractivity (Wildman–Crippen MR) is 66.6 cm³/mol. The summed E-state index contributed by atoms with van der Waals surface area (Å²) in [7, 11) is 3.90. The molecule has 2 rings (SSSR count). The van der Waals surface area contributed by atoms with Crippen LogP contribution in [-0.2, 0) is 11.3 Å². The fourth-order valence-electron chi connectivity index (χ4n) is 2.14. The van der Waals surface area contributed by atoms with Gasteiger partial charge in [0.2, 0.25) is 5.91 Å². The van der Waals surface area contributed by atoms with E-state index < -0.39 is 0 Å². The molecule has 1 fully saturated rings. The largest absolute Gasteiger partial charge is 0.367 e. The third kappa shape index (κ3) is 3.08. The monoisotopic (exact) mass is 236 g/mol. The van der Waals surface area contributed by atoms with Crippen LogP contribution < -0.4 is 5.32 Å². The van der Waals surface area contributed by atoms with E-state index in [-0.39, 0.29) is 11.9 Å². The molecule has 1 saturated heterocycles. The van der Waals surface area contributed by atoms with E-state index in [9.17, 15) is 4.79 Å². The van der Waals surface area contributed by atoms with Crippen LogP contribution >= 0.6 is 0 Å². The number of hydrogen-bond acceptors (Lipinski definition) is 3. The van der Waals surface area contributed by atoms with Crippen molar-refractivity contribution < 1.29 is 4.79 Å². The highest BCUT2D eigenvalue weighted by Gasteiger charge is 2.25. The van der Waals surface area contributed by atoms with Crippen LogP contribution in [0.5, 0.6) is 0 Å². The van der Waals surface area contributed by atoms with Crippen molar-refractivity contribution in [1.29, 1.82) is 0 Å². The summed E-state index contributed by atoms with van der Waals surface area (Å²) in [6, 6.07) is 1.92. The van der Waals surface area contributed by atoms with Gasteiger partial charge in [0, 0.05) is 45.6 Å². The molecule has 5 heteroatoms. The van der Waals surface area contributed by atoms with Crippen molar-refractivity contribution in [3.63, 3.8) is 0 Å². The van der Waals surface area contributed by atoms with Gasteiger partial charge in [-0.2, -0.15) is 0 Å². The summed E-state index contributed by atoms with van der Waals surface area (Å²) in [5.41, 5.74) is 1.13. The standard InChI is InChI=1S/C12H20N4O/c1-15-6-5-14-11(9-15)12(17)16(2)8-10-3-4-13-7-10/h3-4,7,11,13-14H,5-6,8-9H2,1-2H3. The molecule has 1 aromatic heterocycles. The van der Waals surface area contributed by atoms with Gasteiger partial charge in [0.1, 0.15) is 0 Å². The Labute approximate surface area is 102 Å². The second-order valence-electron chi connectivity index (χ2n) is 4.68. The van der Waals surface area contributed by atoms with Gasteiger partial charge in [0.15, 0.2) is 0 Å². The van der Waals surface area contributed by atoms with Gasteiger partial charge in [-0.25, -0.2) is 0 Å². The van der Waals surface area contributed by atoms with Crippen LogP contribution in [0.4, 0.5) is 0 Å². The van der Waals surface area contributed by atoms with E-state index >= 15 is 0 Å². The van der Waals surface area contributed by atoms with E-state index in [0.717, 1.165) is 25.2 Å². The van der Waals surface area contributed by atoms with Gasteiger partial charge in [-0.05, 0) is 18.7 Å². The van der Waals surface area contributed by atoms with Crippen LogP contribution in [0.25, 0.3) is 0 Å². The molecular weight excluding hydrogens is 216 g/mol. The van der Waals surface area contributed by atoms with Gasteiger partial charge in [-0.15, -0.1) is 0 Å². The van der Waals surface area contributed by atoms with E-state index in [1.54, 1.807) is 4.90 Å². The maximum Gasteiger partial charge on any atom is 0.241 e. The molecule has 1 unspecified atom stereocenters. The molecule has 5 nitrogen and oxygen atoms in total. The average molecular weight is 236 g/mol. The molecule has 0 bridgehead atoms. The normalized spacial score (nSPS) is 21.4. The van der Waals surface area contributed by atoms with E-state index in [2.05, 4.69) is 15.2 Å². The van der Waals surface area contributed by atoms with Crippen molar-refractivity contribution in [2.75, 3.05) is 33.7 Å². The summed E-state index contributed by atoms with van der Waals surface area (Å²) in [5, 5.41) is 3.27. The number of likely N-dealkylation sites (N-methyl/N-ethyl adjacent to an activating group) is 2. The number of H-pyrrole nitrogens is 1. The van der Waals surface area contributed by atoms with Gasteiger partial charge in [0.05, 0.1) is 6.04 Å². The smallest absolute Gasteiger partial charge is 0.241 e. The van der Waals surface area contributed by atoms with E-state index in [1.807, 2.05) is 32.6 Å². The summed E-state index contributed by atoms with van der Waals surface area (Å²) in [6.07, 6.45) is 3.80. The Morgan fingerprint density at radius 3 is 3.12 bits per heavy atom. The van der Waals surface area contributed by atoms with Crippen molar-refractivity contribution in [3.05, 3.63) is 24.0 Å². The van der Waals surface area contributed by atoms with Gasteiger partial charge in [-0.1, -0.05) is 0 Å². The lowest BCUT2D eigenvalue weighted by Gasteiger charge is -2.32. The fraction of sp³-hybridized carbons (Fsp3) is 0.583. The quantitative estimate of drug-likeness (QED) is 0.769. The van der Waals surface area contributed by atoms with Crippen molar-refractivity contribution in [2.45, 2.75) is 12.6 Å². The van der Waals surface area contributed by atoms with Crippen molar-refractivity contribution >= 4 is 5.91 Å². The minimum absolute atomic E-state index is 0.0716. The van der Waals surface area contributed by atoms with Gasteiger partial charge in [0.25, 0.3) is 0 Å². The average Bonchev–Trinajstić information content (AvgIpc) is 2.80. The molecule has 0 aliphatic carbocycles. The number of nitrogens with one attached hydrogen (secondary N) is 2. The predicted octanol–water partition coefficient (Wildman–Crippen LogP) is -0.123. The number of rotatable bonds is 3. The molecule has 0 aromatic carbocycles. The number of aromatic nitrogens is 1. The molecule has 2 heterocycles. The van der Waals surface area contributed by atoms with Gasteiger partial charge in [-0.3, -0.25) is 4.79 Å². The highest BCUT2D eigenvalue weighted by atomic mass is 16.2. The zero-order chi connectivity index (χ0) is 12.3. The topological polar surface area (TPSA) is 51.4 Å². The molecule has 0 saturated carbocycles. The first-order valence-electron chi connectivity index (χ1n) is 5.95. The molecule has 2 N–H and O–H groups in total. The summed E-state index contributed by atoms with van der Waals surface area (Å²) >= 11 is 0. The van der Waals surface area contributed by atoms with Crippen molar-refractivity contribution in [2.24, 2.45) is 0 Å². The Bertz CT molecular complexity index is 363. The molecule has 0 radical (unpaired) electrons. The maximum atomic E-state index is 12.2. The minimum atomic E-state index is -0.0716. The highest BCUT2D eigenvalue weighted by molar-refractivity contribution is 5.82. The second kappa shape index (κ2) is 5.33. The van der Waals surface area contributed by atoms with Crippen LogP contribution in [0, 0.1) is 0 Å². The van der Waals surface area contributed by atoms with E-state index in [1.165, 1.54) is 0 Å². The Morgan fingerprint density at radius 2 is 2.47 bits per heavy atom. The summed E-state index contributed by atoms with van der Waals surface area (Å²) < 4.78 is 0. The van der Waals surface area contributed by atoms with Crippen molar-refractivity contribution in [1.82, 2.24) is 20.1 Å². The number of carbonyl (C=O) groups excluding carboxylic acids is 1. The molecule has 1 aromatic rings. The summed E-state index contributed by atoms with van der Waals surface area (Å²) in [6.45, 7) is 3.33. The highest BCUT2D eigenvalue weighted by Crippen LogP contribution is 2.05. The number of nitrogens with zero attached hydrogens (tertiary/aromatic N) is 2. The number of amides is 1. The lowest BCUT2D eigenvalue weighted by Crippen LogP contribution is -2.56. The van der Waals surface area contributed by atoms with Crippen molar-refractivity contribution in [3.8, 4) is 0 Å². The second-order valence-corrected chi connectivity index (χ2v) is 4.68. The first kappa shape index (κ1) is 12.1. The fourth-order valence-corrected chi connectivity index (χ4v) is 2.14. The summed E-state index contributed by atoms with van der Waals surface area (Å²) in [5.74, 6) is 0.165. The zero-order valence-electron chi connectivity index (χ0n) is 10.4. The van der Waals surface area contributed by atoms with Gasteiger partial charge >= 0.3 is 0 Å². The number of piperazine rings is 1. The Hall–Kier alpha value is -1.33. The van der Waals surface area contributed by atoms with Crippen LogP contribution in [0.15, 0.2) is 18.5 Å². The van der Waals surface area contributed by atoms with Gasteiger partial charge < -0.3 is 20.1 Å². The molecule has 17 heavy (non-hydrogen) atoms. The number of aromatic amines is 1. The molecule has 0 spiro atoms. The lowest BCUT2D eigenvalue weighted by atomic mass is 10.2. The molecule has 1 aliphatic rings. The molecule has 1 amide bonds. The molecule has 1 aliphatic heterocycles. The molecule has 1 atom stereocenters. The number of carbonyl (C=O) groups is 1. The van der Waals surface area contributed by atoms with Crippen LogP contribution in [-0.4, -0.2) is 60.5 Å². The SMILES string of the molecule is CN1CCNC(C(=O)N(C)Cc2cc[nH]c2)C1. The third-order valence-corrected chi connectivity index (χ3v) is 3.13. The Kier molecular flexibility index (Phi) is 3.81. The van der Waals surface area contributed by atoms with Crippen LogP contribution in [0.3, 0.4) is 0 Å². The Morgan fingerprint density at radius 1 is 1.65 bits per heavy atom. The van der Waals surface area contributed by atoms with E-state index in [4.69, 9.17) is 0 Å². The summed E-state index contributed by atoms with van der Waals surface area (Å²) in [4.78, 5) is 19.2. The van der Waals surface area contributed by atoms with Crippen LogP contribution in [0.1, 0.15) is 5.56 Å². The first-order valence-corrected chi connectivity index (χ1v) is 5.95. The third-order valence-electron chi connectivity index (χ3n) is 3.13. The molecular formula is C12H20N4O. The van der Waals surface area contributed by atoms with Crippen LogP contribution in [0.2, 0.25) is 0 Å². The lowest BCUT2D eigenvalue weighted by molar-refractivity contribution is -0.133. The Balaban J connectivity index is 1.90. The molecule has 94 valence electrons. The minimum Gasteiger partial charge on any atom is -0.367 e. The zero-order valence-corrected chi connectivity index (χ0v) is 10.4. The maximum absolute atomic E-state index is 12.2. The number of hydrogen-bond donors (Lipinski definition) is 2. The van der Waals surface area contributed by atoms with E-state index in [0.29, 0.717) is 6.54 Å².